The van der Waals surface area contributed by atoms with Crippen molar-refractivity contribution in [2.24, 2.45) is 5.92 Å². The van der Waals surface area contributed by atoms with Crippen LogP contribution in [0.25, 0.3) is 0 Å². The molecule has 2 rings (SSSR count). The van der Waals surface area contributed by atoms with Gasteiger partial charge < -0.3 is 4.84 Å². The first-order chi connectivity index (χ1) is 9.68. The van der Waals surface area contributed by atoms with E-state index in [-0.39, 0.29) is 31.2 Å². The minimum Gasteiger partial charge on any atom is -0.329 e. The number of fused-ring (bicyclic) bond motifs is 1. The minimum atomic E-state index is -0.922. The van der Waals surface area contributed by atoms with E-state index in [0.29, 0.717) is 5.06 Å². The molecule has 0 spiro atoms. The molecule has 1 aliphatic rings. The van der Waals surface area contributed by atoms with Crippen LogP contribution >= 0.6 is 46.4 Å². The molecule has 0 N–H and O–H groups in total. The molecular formula is C12H7Cl4NO4. The van der Waals surface area contributed by atoms with Crippen molar-refractivity contribution < 1.29 is 19.2 Å². The lowest BCUT2D eigenvalue weighted by Crippen LogP contribution is -2.34. The largest absolute Gasteiger partial charge is 0.335 e. The van der Waals surface area contributed by atoms with Gasteiger partial charge in [0.1, 0.15) is 0 Å². The summed E-state index contributed by atoms with van der Waals surface area (Å²) in [7, 11) is 0. The Morgan fingerprint density at radius 1 is 0.905 bits per heavy atom. The van der Waals surface area contributed by atoms with Crippen molar-refractivity contribution in [3.8, 4) is 0 Å². The quantitative estimate of drug-likeness (QED) is 0.448. The third-order valence-electron chi connectivity index (χ3n) is 2.72. The van der Waals surface area contributed by atoms with Gasteiger partial charge in [-0.1, -0.05) is 65.3 Å². The zero-order valence-corrected chi connectivity index (χ0v) is 13.7. The van der Waals surface area contributed by atoms with Gasteiger partial charge in [-0.3, -0.25) is 9.59 Å². The van der Waals surface area contributed by atoms with Crippen LogP contribution in [-0.4, -0.2) is 22.8 Å². The van der Waals surface area contributed by atoms with E-state index < -0.39 is 23.7 Å². The van der Waals surface area contributed by atoms with E-state index in [1.165, 1.54) is 0 Å². The van der Waals surface area contributed by atoms with Gasteiger partial charge in [0.2, 0.25) is 0 Å². The Hall–Kier alpha value is -1.01. The second-order valence-corrected chi connectivity index (χ2v) is 5.99. The van der Waals surface area contributed by atoms with Gasteiger partial charge in [0, 0.05) is 0 Å². The number of nitrogens with zero attached hydrogens (tertiary/aromatic N) is 1. The molecule has 9 heteroatoms. The van der Waals surface area contributed by atoms with Crippen molar-refractivity contribution in [1.82, 2.24) is 5.06 Å². The summed E-state index contributed by atoms with van der Waals surface area (Å²) in [5, 5.41) is -0.442. The average molecular weight is 371 g/mol. The predicted molar refractivity (Wildman–Crippen MR) is 77.9 cm³/mol. The Labute approximate surface area is 139 Å². The number of halogens is 4. The van der Waals surface area contributed by atoms with E-state index in [0.717, 1.165) is 0 Å². The Balaban J connectivity index is 2.55. The van der Waals surface area contributed by atoms with E-state index >= 15 is 0 Å². The maximum Gasteiger partial charge on any atom is 0.335 e. The van der Waals surface area contributed by atoms with Gasteiger partial charge >= 0.3 is 5.97 Å². The molecule has 21 heavy (non-hydrogen) atoms. The third-order valence-corrected chi connectivity index (χ3v) is 4.52. The van der Waals surface area contributed by atoms with Crippen LogP contribution in [0.3, 0.4) is 0 Å². The summed E-state index contributed by atoms with van der Waals surface area (Å²) in [6, 6.07) is 0. The van der Waals surface area contributed by atoms with Crippen molar-refractivity contribution >= 4 is 64.2 Å². The van der Waals surface area contributed by atoms with Gasteiger partial charge in [0.15, 0.2) is 0 Å². The number of rotatable bonds is 2. The van der Waals surface area contributed by atoms with E-state index in [1.807, 2.05) is 0 Å². The van der Waals surface area contributed by atoms with E-state index in [4.69, 9.17) is 51.2 Å². The number of imide groups is 1. The topological polar surface area (TPSA) is 63.7 Å². The second-order valence-electron chi connectivity index (χ2n) is 4.48. The average Bonchev–Trinajstić information content (AvgIpc) is 2.67. The van der Waals surface area contributed by atoms with Crippen LogP contribution in [0.4, 0.5) is 0 Å². The van der Waals surface area contributed by atoms with Crippen molar-refractivity contribution in [1.29, 1.82) is 0 Å². The Morgan fingerprint density at radius 3 is 1.62 bits per heavy atom. The summed E-state index contributed by atoms with van der Waals surface area (Å²) in [5.74, 6) is -3.13. The number of hydroxylamine groups is 2. The van der Waals surface area contributed by atoms with Gasteiger partial charge in [-0.15, -0.1) is 0 Å². The highest BCUT2D eigenvalue weighted by Gasteiger charge is 2.44. The molecule has 2 amide bonds. The fraction of sp³-hybridized carbons (Fsp3) is 0.250. The monoisotopic (exact) mass is 369 g/mol. The molecule has 0 aromatic heterocycles. The fourth-order valence-electron chi connectivity index (χ4n) is 1.61. The van der Waals surface area contributed by atoms with Crippen LogP contribution in [0, 0.1) is 5.92 Å². The van der Waals surface area contributed by atoms with Gasteiger partial charge in [-0.25, -0.2) is 4.79 Å². The first-order valence-electron chi connectivity index (χ1n) is 5.65. The number of hydrogen-bond acceptors (Lipinski definition) is 4. The summed E-state index contributed by atoms with van der Waals surface area (Å²) in [5.41, 5.74) is -0.477. The maximum absolute atomic E-state index is 12.2. The number of hydrogen-bond donors (Lipinski definition) is 0. The summed E-state index contributed by atoms with van der Waals surface area (Å²) in [4.78, 5) is 40.7. The zero-order chi connectivity index (χ0) is 16.1. The van der Waals surface area contributed by atoms with Crippen LogP contribution in [-0.2, 0) is 9.63 Å². The fourth-order valence-corrected chi connectivity index (χ4v) is 2.62. The number of carbonyl (C=O) groups is 3. The van der Waals surface area contributed by atoms with Crippen molar-refractivity contribution in [3.63, 3.8) is 0 Å². The van der Waals surface area contributed by atoms with Crippen LogP contribution < -0.4 is 0 Å². The van der Waals surface area contributed by atoms with Gasteiger partial charge in [-0.2, -0.15) is 0 Å². The SMILES string of the molecule is CC(C)C(=O)ON1C(=O)c2c(Cl)c(Cl)c(Cl)c(Cl)c2C1=O. The van der Waals surface area contributed by atoms with Crippen LogP contribution in [0.15, 0.2) is 0 Å². The van der Waals surface area contributed by atoms with Crippen LogP contribution in [0.5, 0.6) is 0 Å². The zero-order valence-electron chi connectivity index (χ0n) is 10.7. The Morgan fingerprint density at radius 2 is 1.29 bits per heavy atom. The first-order valence-corrected chi connectivity index (χ1v) is 7.16. The molecule has 112 valence electrons. The molecular weight excluding hydrogens is 364 g/mol. The predicted octanol–water partition coefficient (Wildman–Crippen LogP) is 4.01. The highest BCUT2D eigenvalue weighted by Crippen LogP contribution is 2.44. The summed E-state index contributed by atoms with van der Waals surface area (Å²) in [6.07, 6.45) is 0. The van der Waals surface area contributed by atoms with Crippen molar-refractivity contribution in [2.75, 3.05) is 0 Å². The lowest BCUT2D eigenvalue weighted by molar-refractivity contribution is -0.172. The Bertz CT molecular complexity index is 640. The molecule has 0 radical (unpaired) electrons. The standard InChI is InChI=1S/C12H7Cl4NO4/c1-3(2)12(20)21-17-10(18)4-5(11(17)19)7(14)9(16)8(15)6(4)13/h3H,1-2H3. The molecule has 0 saturated carbocycles. The van der Waals surface area contributed by atoms with E-state index in [2.05, 4.69) is 0 Å². The normalized spacial score (nSPS) is 14.0. The Kier molecular flexibility index (Phi) is 4.40. The van der Waals surface area contributed by atoms with Crippen LogP contribution in [0.2, 0.25) is 20.1 Å². The first kappa shape index (κ1) is 16.4. The number of carbonyl (C=O) groups excluding carboxylic acids is 3. The molecule has 1 aromatic carbocycles. The highest BCUT2D eigenvalue weighted by atomic mass is 35.5. The molecule has 0 aliphatic carbocycles. The lowest BCUT2D eigenvalue weighted by Gasteiger charge is -2.14. The maximum atomic E-state index is 12.2. The highest BCUT2D eigenvalue weighted by molar-refractivity contribution is 6.55. The van der Waals surface area contributed by atoms with E-state index in [1.54, 1.807) is 13.8 Å². The molecule has 0 saturated heterocycles. The molecule has 0 fully saturated rings. The van der Waals surface area contributed by atoms with Crippen molar-refractivity contribution in [2.45, 2.75) is 13.8 Å². The lowest BCUT2D eigenvalue weighted by atomic mass is 10.1. The summed E-state index contributed by atoms with van der Waals surface area (Å²) >= 11 is 23.5. The molecule has 0 bridgehead atoms. The minimum absolute atomic E-state index is 0.153. The van der Waals surface area contributed by atoms with Crippen LogP contribution in [0.1, 0.15) is 34.6 Å². The van der Waals surface area contributed by atoms with Crippen molar-refractivity contribution in [3.05, 3.63) is 31.2 Å². The van der Waals surface area contributed by atoms with Gasteiger partial charge in [0.25, 0.3) is 11.8 Å². The van der Waals surface area contributed by atoms with Gasteiger partial charge in [0.05, 0.1) is 37.1 Å². The molecule has 1 aromatic rings. The molecule has 1 aliphatic heterocycles. The molecule has 0 unspecified atom stereocenters. The molecule has 5 nitrogen and oxygen atoms in total. The number of amides is 2. The smallest absolute Gasteiger partial charge is 0.329 e. The molecule has 1 heterocycles. The second kappa shape index (κ2) is 5.65. The van der Waals surface area contributed by atoms with Gasteiger partial charge in [-0.05, 0) is 0 Å². The molecule has 0 atom stereocenters. The van der Waals surface area contributed by atoms with E-state index in [9.17, 15) is 14.4 Å². The summed E-state index contributed by atoms with van der Waals surface area (Å²) in [6.45, 7) is 3.10. The summed E-state index contributed by atoms with van der Waals surface area (Å²) < 4.78 is 0. The third kappa shape index (κ3) is 2.48. The number of benzene rings is 1.